The molecule has 38 heavy (non-hydrogen) atoms. The summed E-state index contributed by atoms with van der Waals surface area (Å²) in [6.07, 6.45) is 5.44. The van der Waals surface area contributed by atoms with E-state index in [1.165, 1.54) is 6.07 Å². The van der Waals surface area contributed by atoms with E-state index < -0.39 is 10.0 Å². The highest BCUT2D eigenvalue weighted by molar-refractivity contribution is 7.89. The van der Waals surface area contributed by atoms with Gasteiger partial charge in [-0.3, -0.25) is 9.80 Å². The van der Waals surface area contributed by atoms with E-state index in [0.29, 0.717) is 40.7 Å². The second kappa shape index (κ2) is 13.2. The Balaban J connectivity index is 0.00000420. The summed E-state index contributed by atoms with van der Waals surface area (Å²) in [4.78, 5) is 11.8. The third-order valence-corrected chi connectivity index (χ3v) is 9.62. The van der Waals surface area contributed by atoms with Crippen molar-refractivity contribution in [2.45, 2.75) is 64.7 Å². The van der Waals surface area contributed by atoms with Crippen molar-refractivity contribution in [1.29, 1.82) is 0 Å². The Kier molecular flexibility index (Phi) is 10.3. The van der Waals surface area contributed by atoms with Crippen molar-refractivity contribution in [2.24, 2.45) is 0 Å². The number of sulfonamides is 1. The van der Waals surface area contributed by atoms with Crippen LogP contribution in [0, 0.1) is 5.82 Å². The Morgan fingerprint density at radius 3 is 2.55 bits per heavy atom. The van der Waals surface area contributed by atoms with Crippen LogP contribution in [0.15, 0.2) is 30.5 Å². The molecule has 1 aromatic heterocycles. The molecule has 2 aliphatic heterocycles. The highest BCUT2D eigenvalue weighted by Crippen LogP contribution is 2.30. The van der Waals surface area contributed by atoms with Crippen molar-refractivity contribution < 1.29 is 14.2 Å². The van der Waals surface area contributed by atoms with Crippen molar-refractivity contribution in [3.63, 3.8) is 0 Å². The zero-order chi connectivity index (χ0) is 27.3. The highest BCUT2D eigenvalue weighted by atomic mass is 35.5. The topological polar surface area (TPSA) is 68.8 Å². The minimum atomic E-state index is -3.29. The molecular weight excluding hydrogens is 548 g/mol. The van der Waals surface area contributed by atoms with Gasteiger partial charge in [-0.05, 0) is 62.5 Å². The van der Waals surface area contributed by atoms with Gasteiger partial charge in [0.2, 0.25) is 10.0 Å². The van der Waals surface area contributed by atoms with Crippen LogP contribution in [0.4, 0.5) is 10.2 Å². The first-order chi connectivity index (χ1) is 18.2. The summed E-state index contributed by atoms with van der Waals surface area (Å²) in [5, 5.41) is 0.972. The third-order valence-electron chi connectivity index (χ3n) is 7.58. The molecule has 11 heteroatoms. The number of rotatable bonds is 10. The molecule has 0 bridgehead atoms. The van der Waals surface area contributed by atoms with E-state index in [1.807, 2.05) is 13.0 Å². The molecule has 3 heterocycles. The fourth-order valence-corrected chi connectivity index (χ4v) is 7.08. The number of piperazine rings is 1. The standard InChI is InChI=1S/C27H38Cl2FN5O2S.H2/c1-3-13-38(36,37)32-17-20-14-25(29)27(31-16-20)34-11-12-35(23(4-2)19-34)24-7-9-33(10-8-24)18-21-5-6-22(28)15-26(21)30;/h5-6,14-16,23-24,32H,3-4,7-13,17-19H2,1-2H3;1H/t23-;/m0./s1. The molecule has 2 saturated heterocycles. The fraction of sp³-hybridized carbons (Fsp3) is 0.593. The first kappa shape index (κ1) is 29.5. The monoisotopic (exact) mass is 587 g/mol. The van der Waals surface area contributed by atoms with Crippen LogP contribution in [0.3, 0.4) is 0 Å². The molecule has 4 rings (SSSR count). The highest BCUT2D eigenvalue weighted by Gasteiger charge is 2.34. The lowest BCUT2D eigenvalue weighted by atomic mass is 9.97. The normalized spacial score (nSPS) is 20.2. The van der Waals surface area contributed by atoms with Crippen LogP contribution in [0.2, 0.25) is 10.0 Å². The summed E-state index contributed by atoms with van der Waals surface area (Å²) in [5.74, 6) is 0.624. The predicted molar refractivity (Wildman–Crippen MR) is 155 cm³/mol. The third kappa shape index (κ3) is 7.58. The predicted octanol–water partition coefficient (Wildman–Crippen LogP) is 5.17. The van der Waals surface area contributed by atoms with Crippen LogP contribution in [-0.2, 0) is 23.1 Å². The lowest BCUT2D eigenvalue weighted by Crippen LogP contribution is -2.58. The molecule has 0 radical (unpaired) electrons. The van der Waals surface area contributed by atoms with E-state index in [1.54, 1.807) is 18.3 Å². The molecule has 2 fully saturated rings. The van der Waals surface area contributed by atoms with Gasteiger partial charge < -0.3 is 4.90 Å². The number of nitrogens with one attached hydrogen (secondary N) is 1. The lowest BCUT2D eigenvalue weighted by Gasteiger charge is -2.47. The first-order valence-corrected chi connectivity index (χ1v) is 15.9. The van der Waals surface area contributed by atoms with Crippen molar-refractivity contribution in [3.8, 4) is 0 Å². The van der Waals surface area contributed by atoms with Gasteiger partial charge in [0, 0.05) is 63.0 Å². The van der Waals surface area contributed by atoms with Crippen LogP contribution in [0.1, 0.15) is 52.1 Å². The minimum Gasteiger partial charge on any atom is -0.353 e. The summed E-state index contributed by atoms with van der Waals surface area (Å²) in [6, 6.07) is 7.64. The summed E-state index contributed by atoms with van der Waals surface area (Å²) in [5.41, 5.74) is 1.44. The van der Waals surface area contributed by atoms with Crippen molar-refractivity contribution in [1.82, 2.24) is 19.5 Å². The van der Waals surface area contributed by atoms with Gasteiger partial charge in [-0.1, -0.05) is 43.1 Å². The summed E-state index contributed by atoms with van der Waals surface area (Å²) >= 11 is 12.5. The van der Waals surface area contributed by atoms with Crippen molar-refractivity contribution >= 4 is 39.0 Å². The zero-order valence-corrected chi connectivity index (χ0v) is 24.5. The van der Waals surface area contributed by atoms with Crippen LogP contribution >= 0.6 is 23.2 Å². The maximum Gasteiger partial charge on any atom is 0.211 e. The SMILES string of the molecule is CCCS(=O)(=O)NCc1cnc(N2CCN(C3CCN(Cc4ccc(Cl)cc4F)CC3)[C@@H](CC)C2)c(Cl)c1.[HH]. The van der Waals surface area contributed by atoms with E-state index in [9.17, 15) is 12.8 Å². The molecule has 0 unspecified atom stereocenters. The Morgan fingerprint density at radius 2 is 1.89 bits per heavy atom. The van der Waals surface area contributed by atoms with Gasteiger partial charge in [-0.25, -0.2) is 22.5 Å². The number of anilines is 1. The van der Waals surface area contributed by atoms with Gasteiger partial charge in [0.1, 0.15) is 11.6 Å². The average Bonchev–Trinajstić information content (AvgIpc) is 2.89. The first-order valence-electron chi connectivity index (χ1n) is 13.5. The number of halogens is 3. The number of aromatic nitrogens is 1. The number of pyridine rings is 1. The quantitative estimate of drug-likeness (QED) is 0.413. The van der Waals surface area contributed by atoms with Gasteiger partial charge >= 0.3 is 0 Å². The molecule has 2 aliphatic rings. The minimum absolute atomic E-state index is 0. The molecule has 1 atom stereocenters. The molecule has 1 aromatic carbocycles. The van der Waals surface area contributed by atoms with E-state index in [0.717, 1.165) is 63.4 Å². The van der Waals surface area contributed by atoms with Gasteiger partial charge in [0.15, 0.2) is 0 Å². The average molecular weight is 589 g/mol. The molecule has 0 spiro atoms. The number of hydrogen-bond acceptors (Lipinski definition) is 6. The fourth-order valence-electron chi connectivity index (χ4n) is 5.54. The smallest absolute Gasteiger partial charge is 0.211 e. The molecule has 0 amide bonds. The summed E-state index contributed by atoms with van der Waals surface area (Å²) in [7, 11) is -3.29. The number of nitrogens with zero attached hydrogens (tertiary/aromatic N) is 4. The molecule has 212 valence electrons. The largest absolute Gasteiger partial charge is 0.353 e. The van der Waals surface area contributed by atoms with Gasteiger partial charge in [0.05, 0.1) is 10.8 Å². The number of hydrogen-bond donors (Lipinski definition) is 1. The second-order valence-electron chi connectivity index (χ2n) is 10.3. The van der Waals surface area contributed by atoms with Crippen molar-refractivity contribution in [2.75, 3.05) is 43.4 Å². The number of likely N-dealkylation sites (tertiary alicyclic amines) is 1. The van der Waals surface area contributed by atoms with E-state index in [2.05, 4.69) is 31.3 Å². The maximum atomic E-state index is 14.2. The molecule has 1 N–H and O–H groups in total. The van der Waals surface area contributed by atoms with E-state index in [-0.39, 0.29) is 19.5 Å². The van der Waals surface area contributed by atoms with Crippen LogP contribution in [-0.4, -0.2) is 73.8 Å². The Bertz CT molecular complexity index is 1200. The Morgan fingerprint density at radius 1 is 1.13 bits per heavy atom. The van der Waals surface area contributed by atoms with Gasteiger partial charge in [-0.2, -0.15) is 0 Å². The molecule has 2 aromatic rings. The Hall–Kier alpha value is -1.49. The van der Waals surface area contributed by atoms with Crippen LogP contribution < -0.4 is 9.62 Å². The zero-order valence-electron chi connectivity index (χ0n) is 22.2. The molecular formula is C27H40Cl2FN5O2S. The van der Waals surface area contributed by atoms with Crippen LogP contribution in [0.5, 0.6) is 0 Å². The molecule has 0 aliphatic carbocycles. The van der Waals surface area contributed by atoms with Gasteiger partial charge in [-0.15, -0.1) is 0 Å². The Labute approximate surface area is 237 Å². The van der Waals surface area contributed by atoms with E-state index in [4.69, 9.17) is 23.2 Å². The van der Waals surface area contributed by atoms with Gasteiger partial charge in [0.25, 0.3) is 0 Å². The second-order valence-corrected chi connectivity index (χ2v) is 13.0. The van der Waals surface area contributed by atoms with E-state index >= 15 is 0 Å². The number of piperidine rings is 1. The number of benzene rings is 1. The summed E-state index contributed by atoms with van der Waals surface area (Å²) in [6.45, 7) is 9.37. The molecule has 7 nitrogen and oxygen atoms in total. The maximum absolute atomic E-state index is 14.2. The molecule has 0 saturated carbocycles. The lowest BCUT2D eigenvalue weighted by molar-refractivity contribution is 0.0607. The van der Waals surface area contributed by atoms with Crippen LogP contribution in [0.25, 0.3) is 0 Å². The van der Waals surface area contributed by atoms with Crippen molar-refractivity contribution in [3.05, 3.63) is 57.5 Å². The summed E-state index contributed by atoms with van der Waals surface area (Å²) < 4.78 is 40.8.